The van der Waals surface area contributed by atoms with E-state index in [0.717, 1.165) is 0 Å². The third-order valence-corrected chi connectivity index (χ3v) is 2.61. The number of aromatic nitrogens is 1. The van der Waals surface area contributed by atoms with Gasteiger partial charge in [0.2, 0.25) is 0 Å². The van der Waals surface area contributed by atoms with Crippen LogP contribution in [0.15, 0.2) is 42.7 Å². The van der Waals surface area contributed by atoms with Crippen LogP contribution in [-0.2, 0) is 6.54 Å². The lowest BCUT2D eigenvalue weighted by molar-refractivity contribution is 0.0950. The Morgan fingerprint density at radius 1 is 1.40 bits per heavy atom. The molecule has 6 heteroatoms. The number of carbonyl (C=O) groups excluding carboxylic acids is 1. The molecule has 1 N–H and O–H groups in total. The molecule has 106 valence electrons. The maximum absolute atomic E-state index is 13.2. The standard InChI is InChI=1S/C14H13FN2O2.ClH/c1-19-13-5-4-12(15)7-11(13)9-17-14(18)10-3-2-6-16-8-10;/h2-8H,9H2,1H3,(H,17,18);1H. The number of amides is 1. The number of ether oxygens (including phenoxy) is 1. The first-order chi connectivity index (χ1) is 9.20. The second-order valence-corrected chi connectivity index (χ2v) is 3.88. The summed E-state index contributed by atoms with van der Waals surface area (Å²) >= 11 is 0. The summed E-state index contributed by atoms with van der Waals surface area (Å²) in [5, 5.41) is 2.69. The predicted molar refractivity (Wildman–Crippen MR) is 75.6 cm³/mol. The monoisotopic (exact) mass is 296 g/mol. The lowest BCUT2D eigenvalue weighted by Crippen LogP contribution is -2.23. The number of nitrogens with zero attached hydrogens (tertiary/aromatic N) is 1. The smallest absolute Gasteiger partial charge is 0.253 e. The van der Waals surface area contributed by atoms with Crippen LogP contribution in [0.25, 0.3) is 0 Å². The van der Waals surface area contributed by atoms with Crippen molar-refractivity contribution in [2.75, 3.05) is 7.11 Å². The fourth-order valence-corrected chi connectivity index (χ4v) is 1.66. The number of pyridine rings is 1. The Labute approximate surface area is 122 Å². The largest absolute Gasteiger partial charge is 0.496 e. The Morgan fingerprint density at radius 3 is 2.85 bits per heavy atom. The third-order valence-electron chi connectivity index (χ3n) is 2.61. The molecule has 0 aliphatic carbocycles. The van der Waals surface area contributed by atoms with Crippen LogP contribution < -0.4 is 10.1 Å². The zero-order valence-corrected chi connectivity index (χ0v) is 11.6. The van der Waals surface area contributed by atoms with Crippen LogP contribution in [0.1, 0.15) is 15.9 Å². The minimum Gasteiger partial charge on any atom is -0.496 e. The lowest BCUT2D eigenvalue weighted by Gasteiger charge is -2.09. The minimum atomic E-state index is -0.369. The molecule has 20 heavy (non-hydrogen) atoms. The highest BCUT2D eigenvalue weighted by molar-refractivity contribution is 5.93. The average Bonchev–Trinajstić information content (AvgIpc) is 2.46. The van der Waals surface area contributed by atoms with Crippen molar-refractivity contribution in [2.45, 2.75) is 6.54 Å². The molecular weight excluding hydrogens is 283 g/mol. The van der Waals surface area contributed by atoms with E-state index in [0.29, 0.717) is 16.9 Å². The molecular formula is C14H14ClFN2O2. The fraction of sp³-hybridized carbons (Fsp3) is 0.143. The molecule has 0 saturated heterocycles. The summed E-state index contributed by atoms with van der Waals surface area (Å²) in [7, 11) is 1.50. The van der Waals surface area contributed by atoms with Gasteiger partial charge in [0.15, 0.2) is 0 Å². The number of hydrogen-bond donors (Lipinski definition) is 1. The second-order valence-electron chi connectivity index (χ2n) is 3.88. The SMILES string of the molecule is COc1ccc(F)cc1CNC(=O)c1cccnc1.Cl. The molecule has 0 bridgehead atoms. The van der Waals surface area contributed by atoms with Crippen molar-refractivity contribution in [3.05, 3.63) is 59.7 Å². The third kappa shape index (κ3) is 3.93. The highest BCUT2D eigenvalue weighted by Crippen LogP contribution is 2.19. The Bertz CT molecular complexity index is 579. The first-order valence-corrected chi connectivity index (χ1v) is 5.71. The zero-order valence-electron chi connectivity index (χ0n) is 10.8. The number of carbonyl (C=O) groups is 1. The van der Waals surface area contributed by atoms with E-state index in [4.69, 9.17) is 4.74 Å². The van der Waals surface area contributed by atoms with Gasteiger partial charge in [-0.2, -0.15) is 0 Å². The topological polar surface area (TPSA) is 51.2 Å². The fourth-order valence-electron chi connectivity index (χ4n) is 1.66. The summed E-state index contributed by atoms with van der Waals surface area (Å²) in [4.78, 5) is 15.7. The maximum Gasteiger partial charge on any atom is 0.253 e. The Kier molecular flexibility index (Phi) is 5.93. The van der Waals surface area contributed by atoms with Crippen LogP contribution in [-0.4, -0.2) is 18.0 Å². The number of halogens is 2. The molecule has 0 aliphatic rings. The van der Waals surface area contributed by atoms with Crippen LogP contribution in [0.5, 0.6) is 5.75 Å². The molecule has 0 aliphatic heterocycles. The van der Waals surface area contributed by atoms with Crippen LogP contribution in [0.3, 0.4) is 0 Å². The normalized spacial score (nSPS) is 9.50. The number of nitrogens with one attached hydrogen (secondary N) is 1. The van der Waals surface area contributed by atoms with Crippen molar-refractivity contribution in [1.82, 2.24) is 10.3 Å². The molecule has 0 spiro atoms. The molecule has 1 heterocycles. The number of hydrogen-bond acceptors (Lipinski definition) is 3. The maximum atomic E-state index is 13.2. The van der Waals surface area contributed by atoms with Crippen LogP contribution >= 0.6 is 12.4 Å². The summed E-state index contributed by atoms with van der Waals surface area (Å²) in [5.74, 6) is -0.0984. The van der Waals surface area contributed by atoms with Gasteiger partial charge in [0.25, 0.3) is 5.91 Å². The zero-order chi connectivity index (χ0) is 13.7. The predicted octanol–water partition coefficient (Wildman–Crippen LogP) is 2.58. The van der Waals surface area contributed by atoms with Crippen LogP contribution in [0.2, 0.25) is 0 Å². The van der Waals surface area contributed by atoms with Gasteiger partial charge >= 0.3 is 0 Å². The molecule has 1 aromatic heterocycles. The molecule has 0 radical (unpaired) electrons. The first kappa shape index (κ1) is 15.9. The molecule has 0 fully saturated rings. The molecule has 0 atom stereocenters. The van der Waals surface area contributed by atoms with Gasteiger partial charge in [-0.3, -0.25) is 9.78 Å². The van der Waals surface area contributed by atoms with E-state index < -0.39 is 0 Å². The Hall–Kier alpha value is -2.14. The van der Waals surface area contributed by atoms with E-state index in [-0.39, 0.29) is 30.7 Å². The van der Waals surface area contributed by atoms with E-state index in [9.17, 15) is 9.18 Å². The highest BCUT2D eigenvalue weighted by Gasteiger charge is 2.08. The summed E-state index contributed by atoms with van der Waals surface area (Å²) in [6.07, 6.45) is 3.06. The molecule has 1 amide bonds. The van der Waals surface area contributed by atoms with E-state index >= 15 is 0 Å². The van der Waals surface area contributed by atoms with Crippen molar-refractivity contribution >= 4 is 18.3 Å². The Morgan fingerprint density at radius 2 is 2.20 bits per heavy atom. The van der Waals surface area contributed by atoms with Gasteiger partial charge in [-0.1, -0.05) is 0 Å². The minimum absolute atomic E-state index is 0. The van der Waals surface area contributed by atoms with Crippen molar-refractivity contribution < 1.29 is 13.9 Å². The van der Waals surface area contributed by atoms with Crippen molar-refractivity contribution in [1.29, 1.82) is 0 Å². The molecule has 2 aromatic rings. The van der Waals surface area contributed by atoms with Crippen molar-refractivity contribution in [3.8, 4) is 5.75 Å². The van der Waals surface area contributed by atoms with Gasteiger partial charge < -0.3 is 10.1 Å². The molecule has 0 unspecified atom stereocenters. The average molecular weight is 297 g/mol. The van der Waals surface area contributed by atoms with Gasteiger partial charge in [-0.05, 0) is 30.3 Å². The van der Waals surface area contributed by atoms with Gasteiger partial charge in [0, 0.05) is 24.5 Å². The number of methoxy groups -OCH3 is 1. The van der Waals surface area contributed by atoms with Crippen LogP contribution in [0, 0.1) is 5.82 Å². The molecule has 1 aromatic carbocycles. The molecule has 2 rings (SSSR count). The first-order valence-electron chi connectivity index (χ1n) is 5.71. The van der Waals surface area contributed by atoms with Gasteiger partial charge in [0.1, 0.15) is 11.6 Å². The summed E-state index contributed by atoms with van der Waals surface area (Å²) in [6.45, 7) is 0.189. The Balaban J connectivity index is 0.00000200. The van der Waals surface area contributed by atoms with Crippen molar-refractivity contribution in [2.24, 2.45) is 0 Å². The van der Waals surface area contributed by atoms with Gasteiger partial charge in [-0.25, -0.2) is 4.39 Å². The van der Waals surface area contributed by atoms with Gasteiger partial charge in [0.05, 0.1) is 12.7 Å². The molecule has 0 saturated carbocycles. The van der Waals surface area contributed by atoms with Crippen molar-refractivity contribution in [3.63, 3.8) is 0 Å². The number of benzene rings is 1. The quantitative estimate of drug-likeness (QED) is 0.943. The van der Waals surface area contributed by atoms with E-state index in [1.165, 1.54) is 31.5 Å². The van der Waals surface area contributed by atoms with E-state index in [2.05, 4.69) is 10.3 Å². The lowest BCUT2D eigenvalue weighted by atomic mass is 10.2. The number of rotatable bonds is 4. The van der Waals surface area contributed by atoms with E-state index in [1.54, 1.807) is 18.3 Å². The summed E-state index contributed by atoms with van der Waals surface area (Å²) in [6, 6.07) is 7.51. The summed E-state index contributed by atoms with van der Waals surface area (Å²) < 4.78 is 18.3. The highest BCUT2D eigenvalue weighted by atomic mass is 35.5. The second kappa shape index (κ2) is 7.45. The van der Waals surface area contributed by atoms with E-state index in [1.807, 2.05) is 0 Å². The molecule has 4 nitrogen and oxygen atoms in total. The summed E-state index contributed by atoms with van der Waals surface area (Å²) in [5.41, 5.74) is 1.04. The van der Waals surface area contributed by atoms with Gasteiger partial charge in [-0.15, -0.1) is 12.4 Å². The van der Waals surface area contributed by atoms with Crippen LogP contribution in [0.4, 0.5) is 4.39 Å².